The summed E-state index contributed by atoms with van der Waals surface area (Å²) in [5, 5.41) is 0. The minimum Gasteiger partial charge on any atom is -0.381 e. The largest absolute Gasteiger partial charge is 0.381 e. The van der Waals surface area contributed by atoms with E-state index in [1.807, 2.05) is 18.3 Å². The van der Waals surface area contributed by atoms with Crippen LogP contribution in [0.1, 0.15) is 37.4 Å². The number of hydrogen-bond donors (Lipinski definition) is 2. The van der Waals surface area contributed by atoms with E-state index in [9.17, 15) is 0 Å². The first-order valence-electron chi connectivity index (χ1n) is 7.52. The molecule has 2 fully saturated rings. The molecule has 116 valence electrons. The molecule has 2 unspecified atom stereocenters. The summed E-state index contributed by atoms with van der Waals surface area (Å²) in [5.74, 6) is 6.26. The number of halogens is 1. The number of nitrogens with zero attached hydrogens (tertiary/aromatic N) is 1. The highest BCUT2D eigenvalue weighted by Crippen LogP contribution is 2.41. The topological polar surface area (TPSA) is 69.4 Å². The molecule has 0 amide bonds. The van der Waals surface area contributed by atoms with Crippen LogP contribution < -0.4 is 11.3 Å². The van der Waals surface area contributed by atoms with Crippen LogP contribution in [0.3, 0.4) is 0 Å². The van der Waals surface area contributed by atoms with Crippen molar-refractivity contribution in [3.05, 3.63) is 28.5 Å². The first-order chi connectivity index (χ1) is 10.2. The molecule has 0 aromatic carbocycles. The summed E-state index contributed by atoms with van der Waals surface area (Å²) >= 11 is 3.42. The van der Waals surface area contributed by atoms with Gasteiger partial charge in [0.25, 0.3) is 0 Å². The van der Waals surface area contributed by atoms with E-state index in [0.717, 1.165) is 55.7 Å². The summed E-state index contributed by atoms with van der Waals surface area (Å²) in [7, 11) is 0. The maximum atomic E-state index is 6.11. The first-order valence-corrected chi connectivity index (χ1v) is 8.31. The quantitative estimate of drug-likeness (QED) is 0.643. The van der Waals surface area contributed by atoms with Crippen LogP contribution in [0.15, 0.2) is 22.8 Å². The third-order valence-corrected chi connectivity index (χ3v) is 5.12. The van der Waals surface area contributed by atoms with Crippen LogP contribution >= 0.6 is 15.9 Å². The fraction of sp³-hybridized carbons (Fsp3) is 0.667. The van der Waals surface area contributed by atoms with Gasteiger partial charge in [-0.25, -0.2) is 0 Å². The van der Waals surface area contributed by atoms with Gasteiger partial charge in [0.05, 0.1) is 17.3 Å². The molecule has 0 aliphatic carbocycles. The third kappa shape index (κ3) is 3.46. The van der Waals surface area contributed by atoms with Gasteiger partial charge in [0.15, 0.2) is 0 Å². The van der Waals surface area contributed by atoms with E-state index in [2.05, 4.69) is 26.3 Å². The van der Waals surface area contributed by atoms with Crippen LogP contribution in [0.4, 0.5) is 0 Å². The first kappa shape index (κ1) is 15.4. The molecule has 2 atom stereocenters. The van der Waals surface area contributed by atoms with Gasteiger partial charge >= 0.3 is 0 Å². The van der Waals surface area contributed by atoms with Gasteiger partial charge in [0.1, 0.15) is 0 Å². The van der Waals surface area contributed by atoms with Crippen LogP contribution in [-0.4, -0.2) is 30.4 Å². The fourth-order valence-electron chi connectivity index (χ4n) is 3.48. The predicted molar refractivity (Wildman–Crippen MR) is 83.5 cm³/mol. The van der Waals surface area contributed by atoms with Crippen LogP contribution in [0.25, 0.3) is 0 Å². The second-order valence-corrected chi connectivity index (χ2v) is 6.86. The molecule has 1 aromatic rings. The van der Waals surface area contributed by atoms with Gasteiger partial charge in [0, 0.05) is 30.5 Å². The van der Waals surface area contributed by atoms with Crippen molar-refractivity contribution in [1.82, 2.24) is 10.4 Å². The van der Waals surface area contributed by atoms with Gasteiger partial charge in [-0.1, -0.05) is 0 Å². The van der Waals surface area contributed by atoms with Crippen molar-refractivity contribution in [3.63, 3.8) is 0 Å². The van der Waals surface area contributed by atoms with Gasteiger partial charge in [-0.2, -0.15) is 0 Å². The minimum atomic E-state index is -0.0222. The van der Waals surface area contributed by atoms with Crippen LogP contribution in [0.5, 0.6) is 0 Å². The normalized spacial score (nSPS) is 26.7. The Morgan fingerprint density at radius 1 is 1.33 bits per heavy atom. The van der Waals surface area contributed by atoms with Crippen molar-refractivity contribution in [1.29, 1.82) is 0 Å². The second-order valence-electron chi connectivity index (χ2n) is 5.94. The van der Waals surface area contributed by atoms with Crippen LogP contribution in [0, 0.1) is 5.92 Å². The highest BCUT2D eigenvalue weighted by Gasteiger charge is 2.41. The van der Waals surface area contributed by atoms with Gasteiger partial charge in [-0.05, 0) is 59.7 Å². The zero-order chi connectivity index (χ0) is 14.7. The highest BCUT2D eigenvalue weighted by atomic mass is 79.9. The van der Waals surface area contributed by atoms with Crippen LogP contribution in [0.2, 0.25) is 0 Å². The summed E-state index contributed by atoms with van der Waals surface area (Å²) in [4.78, 5) is 4.50. The molecule has 5 nitrogen and oxygen atoms in total. The highest BCUT2D eigenvalue weighted by molar-refractivity contribution is 9.10. The second kappa shape index (κ2) is 6.71. The molecule has 0 bridgehead atoms. The van der Waals surface area contributed by atoms with Gasteiger partial charge in [-0.15, -0.1) is 0 Å². The summed E-state index contributed by atoms with van der Waals surface area (Å²) < 4.78 is 12.6. The van der Waals surface area contributed by atoms with Crippen molar-refractivity contribution in [2.75, 3.05) is 19.8 Å². The number of pyridine rings is 1. The van der Waals surface area contributed by atoms with E-state index >= 15 is 0 Å². The maximum absolute atomic E-state index is 6.11. The van der Waals surface area contributed by atoms with E-state index in [4.69, 9.17) is 15.3 Å². The fourth-order valence-corrected chi connectivity index (χ4v) is 3.71. The standard InChI is InChI=1S/C15H22BrN3O2/c16-12-1-2-13(18-10-12)14(19-17)11-3-6-21-15(9-11)4-7-20-8-5-15/h1-2,10-11,14,19H,3-9,17H2. The van der Waals surface area contributed by atoms with E-state index < -0.39 is 0 Å². The number of ether oxygens (including phenoxy) is 2. The lowest BCUT2D eigenvalue weighted by Crippen LogP contribution is -2.47. The molecule has 3 heterocycles. The Balaban J connectivity index is 1.75. The summed E-state index contributed by atoms with van der Waals surface area (Å²) in [6.45, 7) is 2.38. The molecule has 21 heavy (non-hydrogen) atoms. The zero-order valence-corrected chi connectivity index (χ0v) is 13.6. The number of hydrogen-bond acceptors (Lipinski definition) is 5. The van der Waals surface area contributed by atoms with Crippen molar-refractivity contribution in [3.8, 4) is 0 Å². The summed E-state index contributed by atoms with van der Waals surface area (Å²) in [6, 6.07) is 4.11. The molecule has 1 spiro atoms. The van der Waals surface area contributed by atoms with E-state index in [-0.39, 0.29) is 11.6 Å². The number of rotatable bonds is 3. The molecule has 0 saturated carbocycles. The van der Waals surface area contributed by atoms with Gasteiger partial charge in [-0.3, -0.25) is 16.3 Å². The van der Waals surface area contributed by atoms with Gasteiger partial charge in [0.2, 0.25) is 0 Å². The Morgan fingerprint density at radius 3 is 2.81 bits per heavy atom. The van der Waals surface area contributed by atoms with Crippen molar-refractivity contribution < 1.29 is 9.47 Å². The van der Waals surface area contributed by atoms with Crippen molar-refractivity contribution in [2.24, 2.45) is 11.8 Å². The predicted octanol–water partition coefficient (Wildman–Crippen LogP) is 2.32. The lowest BCUT2D eigenvalue weighted by molar-refractivity contribution is -0.150. The third-order valence-electron chi connectivity index (χ3n) is 4.65. The Bertz CT molecular complexity index is 457. The molecule has 6 heteroatoms. The Hall–Kier alpha value is -0.530. The van der Waals surface area contributed by atoms with Crippen molar-refractivity contribution in [2.45, 2.75) is 37.3 Å². The Labute approximate surface area is 133 Å². The molecular formula is C15H22BrN3O2. The summed E-state index contributed by atoms with van der Waals surface area (Å²) in [6.07, 6.45) is 5.81. The van der Waals surface area contributed by atoms with Crippen LogP contribution in [-0.2, 0) is 9.47 Å². The number of aromatic nitrogens is 1. The zero-order valence-electron chi connectivity index (χ0n) is 12.1. The summed E-state index contributed by atoms with van der Waals surface area (Å²) in [5.41, 5.74) is 3.94. The smallest absolute Gasteiger partial charge is 0.0729 e. The van der Waals surface area contributed by atoms with E-state index in [1.165, 1.54) is 0 Å². The monoisotopic (exact) mass is 355 g/mol. The number of hydrazine groups is 1. The number of nitrogens with one attached hydrogen (secondary N) is 1. The molecular weight excluding hydrogens is 334 g/mol. The average Bonchev–Trinajstić information content (AvgIpc) is 2.51. The molecule has 2 saturated heterocycles. The maximum Gasteiger partial charge on any atom is 0.0729 e. The average molecular weight is 356 g/mol. The SMILES string of the molecule is NNC(c1ccc(Br)cn1)C1CCOC2(CCOCC2)C1. The molecule has 2 aliphatic heterocycles. The molecule has 0 radical (unpaired) electrons. The molecule has 3 N–H and O–H groups in total. The molecule has 2 aliphatic rings. The van der Waals surface area contributed by atoms with Crippen molar-refractivity contribution >= 4 is 15.9 Å². The lowest BCUT2D eigenvalue weighted by atomic mass is 9.77. The van der Waals surface area contributed by atoms with Gasteiger partial charge < -0.3 is 9.47 Å². The van der Waals surface area contributed by atoms with E-state index in [1.54, 1.807) is 0 Å². The number of nitrogens with two attached hydrogens (primary N) is 1. The van der Waals surface area contributed by atoms with E-state index in [0.29, 0.717) is 5.92 Å². The minimum absolute atomic E-state index is 0.0222. The lowest BCUT2D eigenvalue weighted by Gasteiger charge is -2.45. The Morgan fingerprint density at radius 2 is 2.14 bits per heavy atom. The molecule has 3 rings (SSSR count). The Kier molecular flexibility index (Phi) is 4.91. The molecule has 1 aromatic heterocycles.